The van der Waals surface area contributed by atoms with Crippen LogP contribution in [0.3, 0.4) is 0 Å². The van der Waals surface area contributed by atoms with Gasteiger partial charge in [0.15, 0.2) is 0 Å². The van der Waals surface area contributed by atoms with Crippen molar-refractivity contribution in [2.75, 3.05) is 38.3 Å². The first kappa shape index (κ1) is 17.9. The number of ether oxygens (including phenoxy) is 1. The molecule has 1 saturated heterocycles. The Hall–Kier alpha value is -1.88. The topological polar surface area (TPSA) is 97.5 Å². The molecule has 0 unspecified atom stereocenters. The third-order valence-corrected chi connectivity index (χ3v) is 4.92. The first-order valence-electron chi connectivity index (χ1n) is 7.64. The Morgan fingerprint density at radius 2 is 2.20 bits per heavy atom. The Labute approximate surface area is 153 Å². The molecule has 0 aromatic carbocycles. The molecule has 0 aliphatic carbocycles. The van der Waals surface area contributed by atoms with Crippen LogP contribution in [0.5, 0.6) is 0 Å². The van der Waals surface area contributed by atoms with E-state index in [4.69, 9.17) is 16.3 Å². The number of thiazole rings is 1. The first-order valence-corrected chi connectivity index (χ1v) is 8.89. The van der Waals surface area contributed by atoms with Crippen LogP contribution in [0.25, 0.3) is 0 Å². The van der Waals surface area contributed by atoms with Crippen molar-refractivity contribution < 1.29 is 9.66 Å². The van der Waals surface area contributed by atoms with E-state index in [-0.39, 0.29) is 16.7 Å². The number of halogens is 1. The SMILES string of the molecule is CN(Cc1csc(CN2CCOCC2)n1)c1ncnc(Cl)c1[N+](=O)[O-]. The maximum Gasteiger partial charge on any atom is 0.348 e. The molecule has 1 aliphatic heterocycles. The van der Waals surface area contributed by atoms with Gasteiger partial charge in [0.2, 0.25) is 11.0 Å². The fourth-order valence-electron chi connectivity index (χ4n) is 2.55. The number of hydrogen-bond donors (Lipinski definition) is 0. The summed E-state index contributed by atoms with van der Waals surface area (Å²) in [6, 6.07) is 0. The van der Waals surface area contributed by atoms with Crippen molar-refractivity contribution in [2.45, 2.75) is 13.1 Å². The zero-order valence-electron chi connectivity index (χ0n) is 13.6. The number of nitrogens with zero attached hydrogens (tertiary/aromatic N) is 6. The van der Waals surface area contributed by atoms with Crippen molar-refractivity contribution in [3.05, 3.63) is 37.7 Å². The minimum atomic E-state index is -0.570. The second-order valence-electron chi connectivity index (χ2n) is 5.57. The lowest BCUT2D eigenvalue weighted by molar-refractivity contribution is -0.384. The maximum absolute atomic E-state index is 11.2. The average molecular weight is 385 g/mol. The van der Waals surface area contributed by atoms with E-state index in [9.17, 15) is 10.1 Å². The zero-order chi connectivity index (χ0) is 17.8. The van der Waals surface area contributed by atoms with Crippen molar-refractivity contribution in [1.29, 1.82) is 0 Å². The van der Waals surface area contributed by atoms with Crippen molar-refractivity contribution >= 4 is 34.4 Å². The molecule has 11 heteroatoms. The highest BCUT2D eigenvalue weighted by Crippen LogP contribution is 2.31. The third kappa shape index (κ3) is 4.40. The summed E-state index contributed by atoms with van der Waals surface area (Å²) in [6.45, 7) is 4.49. The van der Waals surface area contributed by atoms with Crippen LogP contribution in [-0.4, -0.2) is 58.1 Å². The normalized spacial score (nSPS) is 15.3. The molecule has 134 valence electrons. The van der Waals surface area contributed by atoms with Gasteiger partial charge >= 0.3 is 5.69 Å². The predicted octanol–water partition coefficient (Wildman–Crippen LogP) is 1.96. The molecule has 0 N–H and O–H groups in total. The summed E-state index contributed by atoms with van der Waals surface area (Å²) in [7, 11) is 1.71. The molecule has 0 atom stereocenters. The van der Waals surface area contributed by atoms with Gasteiger partial charge in [-0.05, 0) is 0 Å². The van der Waals surface area contributed by atoms with Gasteiger partial charge < -0.3 is 9.64 Å². The summed E-state index contributed by atoms with van der Waals surface area (Å²) in [5, 5.41) is 14.0. The summed E-state index contributed by atoms with van der Waals surface area (Å²) in [5.74, 6) is 0.174. The minimum Gasteiger partial charge on any atom is -0.379 e. The number of hydrogen-bond acceptors (Lipinski definition) is 9. The molecule has 0 amide bonds. The molecule has 2 aromatic heterocycles. The molecular weight excluding hydrogens is 368 g/mol. The molecule has 9 nitrogen and oxygen atoms in total. The van der Waals surface area contributed by atoms with Crippen molar-refractivity contribution in [3.8, 4) is 0 Å². The standard InChI is InChI=1S/C14H17ClN6O3S/c1-19(14-12(21(22)23)13(15)16-9-17-14)6-10-8-25-11(18-10)7-20-2-4-24-5-3-20/h8-9H,2-7H2,1H3. The van der Waals surface area contributed by atoms with Gasteiger partial charge in [0.25, 0.3) is 0 Å². The molecule has 0 spiro atoms. The van der Waals surface area contributed by atoms with Gasteiger partial charge in [-0.1, -0.05) is 11.6 Å². The highest BCUT2D eigenvalue weighted by Gasteiger charge is 2.24. The number of anilines is 1. The number of morpholine rings is 1. The summed E-state index contributed by atoms with van der Waals surface area (Å²) >= 11 is 7.42. The Balaban J connectivity index is 1.68. The molecule has 1 fully saturated rings. The van der Waals surface area contributed by atoms with Crippen LogP contribution in [0.2, 0.25) is 5.15 Å². The third-order valence-electron chi connectivity index (χ3n) is 3.76. The number of rotatable bonds is 6. The van der Waals surface area contributed by atoms with E-state index >= 15 is 0 Å². The Bertz CT molecular complexity index is 752. The number of aromatic nitrogens is 3. The zero-order valence-corrected chi connectivity index (χ0v) is 15.2. The molecule has 25 heavy (non-hydrogen) atoms. The summed E-state index contributed by atoms with van der Waals surface area (Å²) in [4.78, 5) is 26.9. The summed E-state index contributed by atoms with van der Waals surface area (Å²) in [6.07, 6.45) is 1.21. The van der Waals surface area contributed by atoms with Crippen LogP contribution in [0.15, 0.2) is 11.7 Å². The first-order chi connectivity index (χ1) is 12.0. The highest BCUT2D eigenvalue weighted by molar-refractivity contribution is 7.09. The van der Waals surface area contributed by atoms with Crippen LogP contribution in [-0.2, 0) is 17.8 Å². The maximum atomic E-state index is 11.2. The largest absolute Gasteiger partial charge is 0.379 e. The van der Waals surface area contributed by atoms with Crippen molar-refractivity contribution in [2.24, 2.45) is 0 Å². The highest BCUT2D eigenvalue weighted by atomic mass is 35.5. The molecule has 1 aliphatic rings. The van der Waals surface area contributed by atoms with Crippen molar-refractivity contribution in [1.82, 2.24) is 19.9 Å². The Kier molecular flexibility index (Phi) is 5.74. The molecule has 0 bridgehead atoms. The lowest BCUT2D eigenvalue weighted by atomic mass is 10.4. The molecule has 2 aromatic rings. The molecule has 0 saturated carbocycles. The van der Waals surface area contributed by atoms with E-state index in [0.29, 0.717) is 6.54 Å². The monoisotopic (exact) mass is 384 g/mol. The van der Waals surface area contributed by atoms with Crippen LogP contribution < -0.4 is 4.90 Å². The predicted molar refractivity (Wildman–Crippen MR) is 94.0 cm³/mol. The van der Waals surface area contributed by atoms with E-state index < -0.39 is 4.92 Å². The number of nitro groups is 1. The van der Waals surface area contributed by atoms with Gasteiger partial charge in [-0.2, -0.15) is 0 Å². The summed E-state index contributed by atoms with van der Waals surface area (Å²) < 4.78 is 5.34. The molecule has 3 heterocycles. The lowest BCUT2D eigenvalue weighted by Crippen LogP contribution is -2.35. The molecule has 0 radical (unpaired) electrons. The molecular formula is C14H17ClN6O3S. The summed E-state index contributed by atoms with van der Waals surface area (Å²) in [5.41, 5.74) is 0.537. The van der Waals surface area contributed by atoms with E-state index in [1.54, 1.807) is 23.3 Å². The van der Waals surface area contributed by atoms with E-state index in [2.05, 4.69) is 19.9 Å². The van der Waals surface area contributed by atoms with Gasteiger partial charge in [0.1, 0.15) is 11.3 Å². The lowest BCUT2D eigenvalue weighted by Gasteiger charge is -2.25. The van der Waals surface area contributed by atoms with E-state index in [1.807, 2.05) is 5.38 Å². The van der Waals surface area contributed by atoms with Gasteiger partial charge in [-0.3, -0.25) is 15.0 Å². The fraction of sp³-hybridized carbons (Fsp3) is 0.500. The Morgan fingerprint density at radius 3 is 2.92 bits per heavy atom. The average Bonchev–Trinajstić information content (AvgIpc) is 3.02. The van der Waals surface area contributed by atoms with Gasteiger partial charge in [0, 0.05) is 25.5 Å². The van der Waals surface area contributed by atoms with Crippen LogP contribution in [0, 0.1) is 10.1 Å². The van der Waals surface area contributed by atoms with Crippen LogP contribution in [0.4, 0.5) is 11.5 Å². The quantitative estimate of drug-likeness (QED) is 0.423. The van der Waals surface area contributed by atoms with Gasteiger partial charge in [-0.15, -0.1) is 11.3 Å². The second-order valence-corrected chi connectivity index (χ2v) is 6.87. The van der Waals surface area contributed by atoms with Gasteiger partial charge in [-0.25, -0.2) is 15.0 Å². The Morgan fingerprint density at radius 1 is 1.44 bits per heavy atom. The van der Waals surface area contributed by atoms with Crippen LogP contribution in [0.1, 0.15) is 10.7 Å². The van der Waals surface area contributed by atoms with Crippen LogP contribution >= 0.6 is 22.9 Å². The van der Waals surface area contributed by atoms with E-state index in [0.717, 1.165) is 43.5 Å². The second kappa shape index (κ2) is 8.00. The minimum absolute atomic E-state index is 0.173. The van der Waals surface area contributed by atoms with Crippen molar-refractivity contribution in [3.63, 3.8) is 0 Å². The van der Waals surface area contributed by atoms with Gasteiger partial charge in [0.05, 0.1) is 36.9 Å². The smallest absolute Gasteiger partial charge is 0.348 e. The molecule has 3 rings (SSSR count). The van der Waals surface area contributed by atoms with E-state index in [1.165, 1.54) is 6.33 Å². The fourth-order valence-corrected chi connectivity index (χ4v) is 3.57.